The van der Waals surface area contributed by atoms with E-state index in [0.717, 1.165) is 16.8 Å². The van der Waals surface area contributed by atoms with Crippen molar-refractivity contribution < 1.29 is 14.3 Å². The van der Waals surface area contributed by atoms with Crippen molar-refractivity contribution in [1.82, 2.24) is 10.3 Å². The van der Waals surface area contributed by atoms with Gasteiger partial charge in [-0.1, -0.05) is 24.3 Å². The van der Waals surface area contributed by atoms with Gasteiger partial charge in [0.05, 0.1) is 29.6 Å². The molecule has 0 radical (unpaired) electrons. The Morgan fingerprint density at radius 1 is 0.966 bits per heavy atom. The third kappa shape index (κ3) is 5.42. The van der Waals surface area contributed by atoms with E-state index in [1.54, 1.807) is 43.5 Å². The van der Waals surface area contributed by atoms with Crippen molar-refractivity contribution in [3.05, 3.63) is 89.2 Å². The molecule has 0 saturated heterocycles. The van der Waals surface area contributed by atoms with E-state index in [9.17, 15) is 9.59 Å². The number of pyridine rings is 1. The van der Waals surface area contributed by atoms with E-state index in [0.29, 0.717) is 30.0 Å². The molecule has 1 amide bonds. The van der Waals surface area contributed by atoms with Crippen LogP contribution in [-0.2, 0) is 11.3 Å². The Hall–Kier alpha value is -3.67. The van der Waals surface area contributed by atoms with Crippen molar-refractivity contribution in [1.29, 1.82) is 0 Å². The van der Waals surface area contributed by atoms with Crippen LogP contribution in [0.1, 0.15) is 38.8 Å². The predicted molar refractivity (Wildman–Crippen MR) is 112 cm³/mol. The Kier molecular flexibility index (Phi) is 6.58. The summed E-state index contributed by atoms with van der Waals surface area (Å²) in [6.45, 7) is 4.58. The summed E-state index contributed by atoms with van der Waals surface area (Å²) in [5.41, 5.74) is 4.61. The monoisotopic (exact) mass is 389 g/mol. The average Bonchev–Trinajstić information content (AvgIpc) is 2.74. The zero-order valence-electron chi connectivity index (χ0n) is 16.4. The Labute approximate surface area is 169 Å². The van der Waals surface area contributed by atoms with Gasteiger partial charge in [-0.3, -0.25) is 9.78 Å². The molecule has 6 nitrogen and oxygen atoms in total. The molecule has 0 bridgehead atoms. The zero-order valence-corrected chi connectivity index (χ0v) is 16.4. The molecule has 0 aliphatic heterocycles. The molecule has 0 atom stereocenters. The lowest BCUT2D eigenvalue weighted by Gasteiger charge is -2.10. The smallest absolute Gasteiger partial charge is 0.338 e. The van der Waals surface area contributed by atoms with Crippen LogP contribution in [0, 0.1) is 6.92 Å². The van der Waals surface area contributed by atoms with Gasteiger partial charge in [-0.15, -0.1) is 0 Å². The fourth-order valence-electron chi connectivity index (χ4n) is 2.79. The maximum absolute atomic E-state index is 12.5. The molecule has 3 rings (SSSR count). The largest absolute Gasteiger partial charge is 0.462 e. The van der Waals surface area contributed by atoms with Crippen LogP contribution in [0.3, 0.4) is 0 Å². The molecule has 0 aliphatic carbocycles. The highest BCUT2D eigenvalue weighted by Gasteiger charge is 2.09. The van der Waals surface area contributed by atoms with Gasteiger partial charge in [-0.25, -0.2) is 4.79 Å². The van der Waals surface area contributed by atoms with Crippen molar-refractivity contribution in [2.75, 3.05) is 11.9 Å². The first kappa shape index (κ1) is 20.1. The van der Waals surface area contributed by atoms with Gasteiger partial charge in [0.25, 0.3) is 5.91 Å². The molecule has 2 aromatic carbocycles. The van der Waals surface area contributed by atoms with Gasteiger partial charge in [-0.05, 0) is 55.3 Å². The van der Waals surface area contributed by atoms with Crippen molar-refractivity contribution >= 4 is 23.3 Å². The van der Waals surface area contributed by atoms with Crippen LogP contribution in [0.2, 0.25) is 0 Å². The van der Waals surface area contributed by atoms with Crippen molar-refractivity contribution in [3.8, 4) is 0 Å². The van der Waals surface area contributed by atoms with Crippen LogP contribution in [-0.4, -0.2) is 23.5 Å². The number of anilines is 2. The van der Waals surface area contributed by atoms with Gasteiger partial charge in [0, 0.05) is 18.4 Å². The van der Waals surface area contributed by atoms with Gasteiger partial charge < -0.3 is 15.4 Å². The number of nitrogens with zero attached hydrogens (tertiary/aromatic N) is 1. The zero-order chi connectivity index (χ0) is 20.6. The number of aromatic nitrogens is 1. The van der Waals surface area contributed by atoms with Crippen molar-refractivity contribution in [2.24, 2.45) is 0 Å². The second-order valence-electron chi connectivity index (χ2n) is 6.49. The Morgan fingerprint density at radius 3 is 2.45 bits per heavy atom. The lowest BCUT2D eigenvalue weighted by atomic mass is 10.1. The topological polar surface area (TPSA) is 80.3 Å². The number of amides is 1. The molecule has 2 N–H and O–H groups in total. The second kappa shape index (κ2) is 9.50. The third-order valence-electron chi connectivity index (χ3n) is 4.39. The fraction of sp³-hybridized carbons (Fsp3) is 0.174. The minimum Gasteiger partial charge on any atom is -0.462 e. The third-order valence-corrected chi connectivity index (χ3v) is 4.39. The van der Waals surface area contributed by atoms with E-state index >= 15 is 0 Å². The number of hydrogen-bond acceptors (Lipinski definition) is 5. The molecule has 6 heteroatoms. The first-order valence-corrected chi connectivity index (χ1v) is 9.39. The first-order chi connectivity index (χ1) is 14.1. The molecular formula is C23H23N3O3. The summed E-state index contributed by atoms with van der Waals surface area (Å²) in [4.78, 5) is 28.4. The lowest BCUT2D eigenvalue weighted by molar-refractivity contribution is 0.0526. The number of carbonyl (C=O) groups excluding carboxylic acids is 2. The lowest BCUT2D eigenvalue weighted by Crippen LogP contribution is -2.23. The summed E-state index contributed by atoms with van der Waals surface area (Å²) in [6, 6.07) is 16.6. The normalized spacial score (nSPS) is 10.3. The Balaban J connectivity index is 1.64. The number of benzene rings is 2. The molecule has 1 heterocycles. The number of esters is 1. The number of aryl methyl sites for hydroxylation is 1. The maximum atomic E-state index is 12.5. The quantitative estimate of drug-likeness (QED) is 0.591. The van der Waals surface area contributed by atoms with Gasteiger partial charge >= 0.3 is 5.97 Å². The average molecular weight is 389 g/mol. The molecule has 0 fully saturated rings. The number of ether oxygens (including phenoxy) is 1. The highest BCUT2D eigenvalue weighted by atomic mass is 16.5. The summed E-state index contributed by atoms with van der Waals surface area (Å²) in [6.07, 6.45) is 3.17. The van der Waals surface area contributed by atoms with Crippen molar-refractivity contribution in [3.63, 3.8) is 0 Å². The number of carbonyl (C=O) groups is 2. The van der Waals surface area contributed by atoms with Gasteiger partial charge in [-0.2, -0.15) is 0 Å². The molecule has 0 spiro atoms. The summed E-state index contributed by atoms with van der Waals surface area (Å²) >= 11 is 0. The molecule has 0 aliphatic rings. The summed E-state index contributed by atoms with van der Waals surface area (Å²) in [5, 5.41) is 6.11. The van der Waals surface area contributed by atoms with Crippen LogP contribution in [0.4, 0.5) is 11.4 Å². The molecule has 0 saturated carbocycles. The van der Waals surface area contributed by atoms with Gasteiger partial charge in [0.15, 0.2) is 0 Å². The highest BCUT2D eigenvalue weighted by Crippen LogP contribution is 2.18. The molecule has 29 heavy (non-hydrogen) atoms. The van der Waals surface area contributed by atoms with E-state index < -0.39 is 0 Å². The standard InChI is InChI=1S/C23H23N3O3/c1-3-29-23(28)17-8-10-20(11-9-17)26-21-12-19(13-24-15-21)22(27)25-14-18-7-5-4-6-16(18)2/h4-13,15,26H,3,14H2,1-2H3,(H,25,27). The fourth-order valence-corrected chi connectivity index (χ4v) is 2.79. The summed E-state index contributed by atoms with van der Waals surface area (Å²) in [7, 11) is 0. The van der Waals surface area contributed by atoms with E-state index in [-0.39, 0.29) is 11.9 Å². The van der Waals surface area contributed by atoms with Crippen molar-refractivity contribution in [2.45, 2.75) is 20.4 Å². The number of rotatable bonds is 7. The Morgan fingerprint density at radius 2 is 1.72 bits per heavy atom. The Bertz CT molecular complexity index is 1000. The summed E-state index contributed by atoms with van der Waals surface area (Å²) in [5.74, 6) is -0.546. The van der Waals surface area contributed by atoms with Crippen LogP contribution < -0.4 is 10.6 Å². The number of nitrogens with one attached hydrogen (secondary N) is 2. The molecule has 0 unspecified atom stereocenters. The maximum Gasteiger partial charge on any atom is 0.338 e. The van der Waals surface area contributed by atoms with E-state index in [4.69, 9.17) is 4.74 Å². The van der Waals surface area contributed by atoms with Gasteiger partial charge in [0.1, 0.15) is 0 Å². The van der Waals surface area contributed by atoms with Gasteiger partial charge in [0.2, 0.25) is 0 Å². The molecule has 148 valence electrons. The van der Waals surface area contributed by atoms with Crippen LogP contribution >= 0.6 is 0 Å². The van der Waals surface area contributed by atoms with E-state index in [1.165, 1.54) is 6.20 Å². The van der Waals surface area contributed by atoms with Crippen LogP contribution in [0.5, 0.6) is 0 Å². The molecule has 1 aromatic heterocycles. The minimum absolute atomic E-state index is 0.193. The minimum atomic E-state index is -0.354. The number of hydrogen-bond donors (Lipinski definition) is 2. The van der Waals surface area contributed by atoms with E-state index in [2.05, 4.69) is 15.6 Å². The SMILES string of the molecule is CCOC(=O)c1ccc(Nc2cncc(C(=O)NCc3ccccc3C)c2)cc1. The molecule has 3 aromatic rings. The second-order valence-corrected chi connectivity index (χ2v) is 6.49. The van der Waals surface area contributed by atoms with E-state index in [1.807, 2.05) is 31.2 Å². The summed E-state index contributed by atoms with van der Waals surface area (Å²) < 4.78 is 4.98. The predicted octanol–water partition coefficient (Wildman–Crippen LogP) is 4.24. The van der Waals surface area contributed by atoms with Crippen LogP contribution in [0.15, 0.2) is 67.0 Å². The van der Waals surface area contributed by atoms with Crippen LogP contribution in [0.25, 0.3) is 0 Å². The first-order valence-electron chi connectivity index (χ1n) is 9.39. The highest BCUT2D eigenvalue weighted by molar-refractivity contribution is 5.95. The molecular weight excluding hydrogens is 366 g/mol.